The minimum Gasteiger partial charge on any atom is -0.341 e. The fraction of sp³-hybridized carbons (Fsp3) is 0.611. The predicted molar refractivity (Wildman–Crippen MR) is 105 cm³/mol. The SMILES string of the molecule is CCCCCS(=O)(=O)CC(=O)N1CCCC(C(=O)Nc2ccc(Cl)cn2)C1. The van der Waals surface area contributed by atoms with E-state index in [0.29, 0.717) is 36.6 Å². The number of sulfone groups is 1. The van der Waals surface area contributed by atoms with Gasteiger partial charge in [0, 0.05) is 19.3 Å². The zero-order valence-corrected chi connectivity index (χ0v) is 17.1. The van der Waals surface area contributed by atoms with Crippen molar-refractivity contribution in [1.82, 2.24) is 9.88 Å². The van der Waals surface area contributed by atoms with E-state index in [4.69, 9.17) is 11.6 Å². The average molecular weight is 416 g/mol. The molecule has 1 unspecified atom stereocenters. The Kier molecular flexibility index (Phi) is 8.04. The highest BCUT2D eigenvalue weighted by atomic mass is 35.5. The van der Waals surface area contributed by atoms with Crippen molar-refractivity contribution in [1.29, 1.82) is 0 Å². The van der Waals surface area contributed by atoms with E-state index in [1.165, 1.54) is 11.1 Å². The highest BCUT2D eigenvalue weighted by Gasteiger charge is 2.30. The summed E-state index contributed by atoms with van der Waals surface area (Å²) in [6.07, 6.45) is 5.08. The van der Waals surface area contributed by atoms with Gasteiger partial charge in [-0.1, -0.05) is 31.4 Å². The maximum atomic E-state index is 12.4. The number of rotatable bonds is 8. The Morgan fingerprint density at radius 1 is 1.33 bits per heavy atom. The zero-order chi connectivity index (χ0) is 19.9. The maximum Gasteiger partial charge on any atom is 0.237 e. The maximum absolute atomic E-state index is 12.4. The molecule has 0 spiro atoms. The number of hydrogen-bond donors (Lipinski definition) is 1. The van der Waals surface area contributed by atoms with Crippen LogP contribution in [0.1, 0.15) is 39.0 Å². The van der Waals surface area contributed by atoms with Gasteiger partial charge in [0.25, 0.3) is 0 Å². The van der Waals surface area contributed by atoms with Crippen LogP contribution in [0.15, 0.2) is 18.3 Å². The van der Waals surface area contributed by atoms with Crippen LogP contribution < -0.4 is 5.32 Å². The summed E-state index contributed by atoms with van der Waals surface area (Å²) in [5.74, 6) is -1.09. The van der Waals surface area contributed by atoms with E-state index in [1.54, 1.807) is 12.1 Å². The molecule has 1 aliphatic rings. The van der Waals surface area contributed by atoms with Crippen molar-refractivity contribution < 1.29 is 18.0 Å². The molecule has 150 valence electrons. The van der Waals surface area contributed by atoms with Crippen molar-refractivity contribution >= 4 is 39.1 Å². The van der Waals surface area contributed by atoms with Gasteiger partial charge in [-0.3, -0.25) is 9.59 Å². The van der Waals surface area contributed by atoms with Gasteiger partial charge in [0.1, 0.15) is 11.6 Å². The molecule has 1 aromatic heterocycles. The van der Waals surface area contributed by atoms with Crippen molar-refractivity contribution in [3.63, 3.8) is 0 Å². The highest BCUT2D eigenvalue weighted by molar-refractivity contribution is 7.92. The number of nitrogens with one attached hydrogen (secondary N) is 1. The number of aromatic nitrogens is 1. The van der Waals surface area contributed by atoms with Crippen LogP contribution in [0.5, 0.6) is 0 Å². The van der Waals surface area contributed by atoms with Gasteiger partial charge >= 0.3 is 0 Å². The van der Waals surface area contributed by atoms with Gasteiger partial charge in [-0.2, -0.15) is 0 Å². The van der Waals surface area contributed by atoms with Crippen LogP contribution in [-0.2, 0) is 19.4 Å². The van der Waals surface area contributed by atoms with E-state index in [1.807, 2.05) is 6.92 Å². The Morgan fingerprint density at radius 3 is 2.78 bits per heavy atom. The first-order valence-electron chi connectivity index (χ1n) is 9.21. The monoisotopic (exact) mass is 415 g/mol. The number of pyridine rings is 1. The first-order valence-corrected chi connectivity index (χ1v) is 11.4. The van der Waals surface area contributed by atoms with Crippen molar-refractivity contribution in [2.24, 2.45) is 5.92 Å². The highest BCUT2D eigenvalue weighted by Crippen LogP contribution is 2.19. The molecule has 2 heterocycles. The van der Waals surface area contributed by atoms with Gasteiger partial charge in [-0.25, -0.2) is 13.4 Å². The first-order chi connectivity index (χ1) is 12.8. The number of carbonyl (C=O) groups is 2. The molecule has 2 rings (SSSR count). The fourth-order valence-electron chi connectivity index (χ4n) is 3.02. The number of hydrogen-bond acceptors (Lipinski definition) is 5. The second-order valence-corrected chi connectivity index (χ2v) is 9.45. The lowest BCUT2D eigenvalue weighted by Crippen LogP contribution is -2.46. The van der Waals surface area contributed by atoms with E-state index in [9.17, 15) is 18.0 Å². The molecular formula is C18H26ClN3O4S. The fourth-order valence-corrected chi connectivity index (χ4v) is 4.48. The number of halogens is 1. The Hall–Kier alpha value is -1.67. The second kappa shape index (κ2) is 10.0. The van der Waals surface area contributed by atoms with E-state index in [2.05, 4.69) is 10.3 Å². The molecule has 1 saturated heterocycles. The van der Waals surface area contributed by atoms with E-state index < -0.39 is 21.5 Å². The van der Waals surface area contributed by atoms with Crippen LogP contribution in [0.3, 0.4) is 0 Å². The topological polar surface area (TPSA) is 96.4 Å². The molecule has 2 amide bonds. The molecule has 0 bridgehead atoms. The Balaban J connectivity index is 1.89. The summed E-state index contributed by atoms with van der Waals surface area (Å²) in [5, 5.41) is 3.19. The van der Waals surface area contributed by atoms with Gasteiger partial charge in [0.05, 0.1) is 16.7 Å². The van der Waals surface area contributed by atoms with Gasteiger partial charge < -0.3 is 10.2 Å². The van der Waals surface area contributed by atoms with E-state index in [0.717, 1.165) is 12.8 Å². The minimum absolute atomic E-state index is 0.0343. The number of piperidine rings is 1. The van der Waals surface area contributed by atoms with Gasteiger partial charge in [0.15, 0.2) is 9.84 Å². The number of nitrogens with zero attached hydrogens (tertiary/aromatic N) is 2. The summed E-state index contributed by atoms with van der Waals surface area (Å²) in [4.78, 5) is 30.4. The Labute approximate surface area is 165 Å². The molecular weight excluding hydrogens is 390 g/mol. The van der Waals surface area contributed by atoms with Crippen LogP contribution in [0.4, 0.5) is 5.82 Å². The zero-order valence-electron chi connectivity index (χ0n) is 15.5. The number of amides is 2. The molecule has 9 heteroatoms. The van der Waals surface area contributed by atoms with Crippen LogP contribution >= 0.6 is 11.6 Å². The third kappa shape index (κ3) is 7.10. The second-order valence-electron chi connectivity index (χ2n) is 6.83. The molecule has 7 nitrogen and oxygen atoms in total. The van der Waals surface area contributed by atoms with Gasteiger partial charge in [-0.05, 0) is 31.4 Å². The van der Waals surface area contributed by atoms with Crippen LogP contribution in [0.2, 0.25) is 5.02 Å². The molecule has 1 aromatic rings. The third-order valence-electron chi connectivity index (χ3n) is 4.53. The smallest absolute Gasteiger partial charge is 0.237 e. The molecule has 1 aliphatic heterocycles. The quantitative estimate of drug-likeness (QED) is 0.658. The standard InChI is InChI=1S/C18H26ClN3O4S/c1-2-3-4-10-27(25,26)13-17(23)22-9-5-6-14(12-22)18(24)21-16-8-7-15(19)11-20-16/h7-8,11,14H,2-6,9-10,12-13H2,1H3,(H,20,21,24). The van der Waals surface area contributed by atoms with E-state index >= 15 is 0 Å². The number of unbranched alkanes of at least 4 members (excludes halogenated alkanes) is 2. The molecule has 1 fully saturated rings. The Bertz CT molecular complexity index is 752. The lowest BCUT2D eigenvalue weighted by atomic mass is 9.97. The number of anilines is 1. The summed E-state index contributed by atoms with van der Waals surface area (Å²) in [5.41, 5.74) is 0. The minimum atomic E-state index is -3.41. The van der Waals surface area contributed by atoms with Crippen LogP contribution in [0.25, 0.3) is 0 Å². The summed E-state index contributed by atoms with van der Waals surface area (Å²) < 4.78 is 24.2. The average Bonchev–Trinajstić information content (AvgIpc) is 2.63. The lowest BCUT2D eigenvalue weighted by Gasteiger charge is -2.32. The molecule has 1 atom stereocenters. The first kappa shape index (κ1) is 21.6. The summed E-state index contributed by atoms with van der Waals surface area (Å²) in [6, 6.07) is 3.24. The van der Waals surface area contributed by atoms with Crippen LogP contribution in [-0.4, -0.2) is 54.7 Å². The number of likely N-dealkylation sites (tertiary alicyclic amines) is 1. The lowest BCUT2D eigenvalue weighted by molar-refractivity contribution is -0.132. The molecule has 0 aromatic carbocycles. The van der Waals surface area contributed by atoms with Crippen molar-refractivity contribution in [3.8, 4) is 0 Å². The van der Waals surface area contributed by atoms with E-state index in [-0.39, 0.29) is 24.1 Å². The van der Waals surface area contributed by atoms with Gasteiger partial charge in [0.2, 0.25) is 11.8 Å². The molecule has 0 radical (unpaired) electrons. The van der Waals surface area contributed by atoms with Crippen molar-refractivity contribution in [2.45, 2.75) is 39.0 Å². The summed E-state index contributed by atoms with van der Waals surface area (Å²) >= 11 is 5.78. The normalized spacial score (nSPS) is 17.6. The Morgan fingerprint density at radius 2 is 2.11 bits per heavy atom. The third-order valence-corrected chi connectivity index (χ3v) is 6.35. The van der Waals surface area contributed by atoms with Crippen LogP contribution in [0, 0.1) is 5.92 Å². The van der Waals surface area contributed by atoms with Crippen molar-refractivity contribution in [2.75, 3.05) is 29.9 Å². The largest absolute Gasteiger partial charge is 0.341 e. The molecule has 1 N–H and O–H groups in total. The molecule has 27 heavy (non-hydrogen) atoms. The predicted octanol–water partition coefficient (Wildman–Crippen LogP) is 2.52. The molecule has 0 saturated carbocycles. The van der Waals surface area contributed by atoms with Crippen molar-refractivity contribution in [3.05, 3.63) is 23.4 Å². The number of carbonyl (C=O) groups excluding carboxylic acids is 2. The van der Waals surface area contributed by atoms with Gasteiger partial charge in [-0.15, -0.1) is 0 Å². The molecule has 0 aliphatic carbocycles. The summed E-state index contributed by atoms with van der Waals surface area (Å²) in [7, 11) is -3.41. The summed E-state index contributed by atoms with van der Waals surface area (Å²) in [6.45, 7) is 2.70.